The van der Waals surface area contributed by atoms with Gasteiger partial charge in [0.1, 0.15) is 5.82 Å². The van der Waals surface area contributed by atoms with Crippen molar-refractivity contribution in [3.05, 3.63) is 47.2 Å². The Labute approximate surface area is 114 Å². The van der Waals surface area contributed by atoms with Crippen LogP contribution in [0.2, 0.25) is 0 Å². The van der Waals surface area contributed by atoms with E-state index in [1.165, 1.54) is 11.1 Å². The number of aromatic nitrogens is 2. The second-order valence-electron chi connectivity index (χ2n) is 4.58. The lowest BCUT2D eigenvalue weighted by molar-refractivity contribution is 0.982. The molecule has 0 amide bonds. The first-order chi connectivity index (χ1) is 9.20. The van der Waals surface area contributed by atoms with Crippen molar-refractivity contribution in [1.29, 1.82) is 0 Å². The molecule has 19 heavy (non-hydrogen) atoms. The third-order valence-electron chi connectivity index (χ3n) is 3.14. The molecule has 1 heterocycles. The minimum Gasteiger partial charge on any atom is -0.369 e. The zero-order chi connectivity index (χ0) is 13.7. The summed E-state index contributed by atoms with van der Waals surface area (Å²) in [6, 6.07) is 8.46. The molecule has 0 aliphatic carbocycles. The van der Waals surface area contributed by atoms with Crippen molar-refractivity contribution >= 4 is 11.8 Å². The van der Waals surface area contributed by atoms with Crippen LogP contribution in [0.5, 0.6) is 0 Å². The minimum atomic E-state index is 0.643. The smallest absolute Gasteiger partial charge is 0.224 e. The summed E-state index contributed by atoms with van der Waals surface area (Å²) in [5, 5.41) is 6.32. The molecule has 100 valence electrons. The molecule has 4 heteroatoms. The molecule has 0 unspecified atom stereocenters. The Bertz CT molecular complexity index is 552. The summed E-state index contributed by atoms with van der Waals surface area (Å²) in [4.78, 5) is 8.59. The van der Waals surface area contributed by atoms with Crippen molar-refractivity contribution in [3.63, 3.8) is 0 Å². The van der Waals surface area contributed by atoms with Crippen LogP contribution in [-0.2, 0) is 6.42 Å². The van der Waals surface area contributed by atoms with E-state index in [0.717, 1.165) is 24.3 Å². The topological polar surface area (TPSA) is 49.8 Å². The predicted molar refractivity (Wildman–Crippen MR) is 79.7 cm³/mol. The molecule has 0 atom stereocenters. The van der Waals surface area contributed by atoms with Crippen LogP contribution in [0.1, 0.15) is 16.7 Å². The molecule has 0 aliphatic heterocycles. The molecule has 0 bridgehead atoms. The highest BCUT2D eigenvalue weighted by molar-refractivity contribution is 5.46. The zero-order valence-corrected chi connectivity index (χ0v) is 11.7. The molecular formula is C15H20N4. The van der Waals surface area contributed by atoms with Gasteiger partial charge in [-0.1, -0.05) is 24.3 Å². The molecule has 1 aromatic heterocycles. The van der Waals surface area contributed by atoms with Crippen molar-refractivity contribution in [2.45, 2.75) is 20.3 Å². The average Bonchev–Trinajstić information content (AvgIpc) is 2.43. The highest BCUT2D eigenvalue weighted by Gasteiger charge is 2.03. The molecule has 0 saturated carbocycles. The van der Waals surface area contributed by atoms with Crippen molar-refractivity contribution in [1.82, 2.24) is 9.97 Å². The molecular weight excluding hydrogens is 236 g/mol. The maximum Gasteiger partial charge on any atom is 0.224 e. The van der Waals surface area contributed by atoms with Gasteiger partial charge in [0.25, 0.3) is 0 Å². The van der Waals surface area contributed by atoms with Crippen LogP contribution in [0.4, 0.5) is 11.8 Å². The number of nitrogens with one attached hydrogen (secondary N) is 2. The van der Waals surface area contributed by atoms with Gasteiger partial charge in [0.05, 0.1) is 0 Å². The van der Waals surface area contributed by atoms with Gasteiger partial charge >= 0.3 is 0 Å². The summed E-state index contributed by atoms with van der Waals surface area (Å²) >= 11 is 0. The van der Waals surface area contributed by atoms with E-state index in [4.69, 9.17) is 0 Å². The van der Waals surface area contributed by atoms with Gasteiger partial charge in [-0.2, -0.15) is 4.98 Å². The van der Waals surface area contributed by atoms with Crippen LogP contribution in [0, 0.1) is 13.8 Å². The van der Waals surface area contributed by atoms with E-state index >= 15 is 0 Å². The summed E-state index contributed by atoms with van der Waals surface area (Å²) in [5.74, 6) is 1.54. The molecule has 0 radical (unpaired) electrons. The first kappa shape index (κ1) is 13.3. The lowest BCUT2D eigenvalue weighted by Crippen LogP contribution is -2.10. The summed E-state index contributed by atoms with van der Waals surface area (Å²) < 4.78 is 0. The Morgan fingerprint density at radius 3 is 2.63 bits per heavy atom. The third-order valence-corrected chi connectivity index (χ3v) is 3.14. The molecule has 0 fully saturated rings. The van der Waals surface area contributed by atoms with Crippen LogP contribution in [-0.4, -0.2) is 23.6 Å². The third kappa shape index (κ3) is 3.44. The van der Waals surface area contributed by atoms with Crippen molar-refractivity contribution in [2.75, 3.05) is 24.2 Å². The van der Waals surface area contributed by atoms with Crippen molar-refractivity contribution < 1.29 is 0 Å². The van der Waals surface area contributed by atoms with E-state index in [2.05, 4.69) is 51.8 Å². The van der Waals surface area contributed by atoms with E-state index in [0.29, 0.717) is 5.95 Å². The Balaban J connectivity index is 1.98. The van der Waals surface area contributed by atoms with Crippen LogP contribution >= 0.6 is 0 Å². The number of aryl methyl sites for hydroxylation is 2. The molecule has 2 N–H and O–H groups in total. The summed E-state index contributed by atoms with van der Waals surface area (Å²) in [7, 11) is 1.82. The Hall–Kier alpha value is -2.10. The van der Waals surface area contributed by atoms with Gasteiger partial charge < -0.3 is 10.6 Å². The van der Waals surface area contributed by atoms with Gasteiger partial charge in [-0.15, -0.1) is 0 Å². The van der Waals surface area contributed by atoms with Gasteiger partial charge in [0.2, 0.25) is 5.95 Å². The first-order valence-corrected chi connectivity index (χ1v) is 6.50. The Morgan fingerprint density at radius 2 is 1.89 bits per heavy atom. The largest absolute Gasteiger partial charge is 0.369 e. The number of hydrogen-bond acceptors (Lipinski definition) is 4. The summed E-state index contributed by atoms with van der Waals surface area (Å²) in [6.45, 7) is 5.02. The first-order valence-electron chi connectivity index (χ1n) is 6.50. The monoisotopic (exact) mass is 256 g/mol. The fourth-order valence-electron chi connectivity index (χ4n) is 1.95. The van der Waals surface area contributed by atoms with E-state index in [1.54, 1.807) is 0 Å². The lowest BCUT2D eigenvalue weighted by atomic mass is 10.1. The maximum absolute atomic E-state index is 4.41. The second-order valence-corrected chi connectivity index (χ2v) is 4.58. The molecule has 2 rings (SSSR count). The molecule has 1 aromatic carbocycles. The zero-order valence-electron chi connectivity index (χ0n) is 11.7. The number of rotatable bonds is 5. The van der Waals surface area contributed by atoms with E-state index in [1.807, 2.05) is 20.2 Å². The number of benzene rings is 1. The molecule has 0 aliphatic rings. The molecule has 0 saturated heterocycles. The fourth-order valence-corrected chi connectivity index (χ4v) is 1.95. The van der Waals surface area contributed by atoms with E-state index < -0.39 is 0 Å². The quantitative estimate of drug-likeness (QED) is 0.863. The van der Waals surface area contributed by atoms with Gasteiger partial charge in [0, 0.05) is 25.4 Å². The van der Waals surface area contributed by atoms with Gasteiger partial charge in [-0.3, -0.25) is 0 Å². The van der Waals surface area contributed by atoms with Crippen LogP contribution < -0.4 is 10.6 Å². The fraction of sp³-hybridized carbons (Fsp3) is 0.333. The standard InChI is InChI=1S/C15H20N4/c1-11-6-4-5-7-13(11)8-9-17-14-12(2)10-18-15(16-3)19-14/h4-7,10H,8-9H2,1-3H3,(H2,16,17,18,19). The molecule has 0 spiro atoms. The number of anilines is 2. The summed E-state index contributed by atoms with van der Waals surface area (Å²) in [6.07, 6.45) is 2.82. The lowest BCUT2D eigenvalue weighted by Gasteiger charge is -2.10. The molecule has 2 aromatic rings. The van der Waals surface area contributed by atoms with Gasteiger partial charge in [-0.05, 0) is 31.4 Å². The van der Waals surface area contributed by atoms with Crippen LogP contribution in [0.25, 0.3) is 0 Å². The summed E-state index contributed by atoms with van der Waals surface area (Å²) in [5.41, 5.74) is 3.76. The average molecular weight is 256 g/mol. The predicted octanol–water partition coefficient (Wildman–Crippen LogP) is 2.79. The van der Waals surface area contributed by atoms with E-state index in [9.17, 15) is 0 Å². The van der Waals surface area contributed by atoms with Crippen LogP contribution in [0.15, 0.2) is 30.5 Å². The van der Waals surface area contributed by atoms with Crippen molar-refractivity contribution in [3.8, 4) is 0 Å². The Morgan fingerprint density at radius 1 is 1.11 bits per heavy atom. The normalized spacial score (nSPS) is 10.3. The van der Waals surface area contributed by atoms with E-state index in [-0.39, 0.29) is 0 Å². The number of hydrogen-bond donors (Lipinski definition) is 2. The highest BCUT2D eigenvalue weighted by Crippen LogP contribution is 2.13. The maximum atomic E-state index is 4.41. The molecule has 4 nitrogen and oxygen atoms in total. The second kappa shape index (κ2) is 6.18. The highest BCUT2D eigenvalue weighted by atomic mass is 15.1. The number of nitrogens with zero attached hydrogens (tertiary/aromatic N) is 2. The Kier molecular flexibility index (Phi) is 4.34. The minimum absolute atomic E-state index is 0.643. The van der Waals surface area contributed by atoms with Crippen LogP contribution in [0.3, 0.4) is 0 Å². The van der Waals surface area contributed by atoms with Crippen molar-refractivity contribution in [2.24, 2.45) is 0 Å². The van der Waals surface area contributed by atoms with Gasteiger partial charge in [-0.25, -0.2) is 4.98 Å². The SMILES string of the molecule is CNc1ncc(C)c(NCCc2ccccc2C)n1. The van der Waals surface area contributed by atoms with Gasteiger partial charge in [0.15, 0.2) is 0 Å².